The van der Waals surface area contributed by atoms with Crippen LogP contribution >= 0.6 is 0 Å². The van der Waals surface area contributed by atoms with Crippen molar-refractivity contribution >= 4 is 10.9 Å². The van der Waals surface area contributed by atoms with Crippen molar-refractivity contribution in [3.8, 4) is 5.75 Å². The number of benzene rings is 1. The number of unbranched alkanes of at least 4 members (excludes halogenated alkanes) is 1. The number of aryl methyl sites for hydroxylation is 1. The molecular weight excluding hydrogens is 302 g/mol. The van der Waals surface area contributed by atoms with Crippen LogP contribution in [0.4, 0.5) is 0 Å². The Morgan fingerprint density at radius 3 is 2.92 bits per heavy atom. The van der Waals surface area contributed by atoms with Crippen molar-refractivity contribution in [2.24, 2.45) is 0 Å². The molecule has 0 radical (unpaired) electrons. The first-order chi connectivity index (χ1) is 11.8. The van der Waals surface area contributed by atoms with Crippen molar-refractivity contribution in [1.82, 2.24) is 4.98 Å². The van der Waals surface area contributed by atoms with E-state index in [1.54, 1.807) is 7.11 Å². The summed E-state index contributed by atoms with van der Waals surface area (Å²) in [4.78, 5) is 3.60. The normalized spacial score (nSPS) is 18.2. The van der Waals surface area contributed by atoms with Crippen LogP contribution in [0.1, 0.15) is 50.3 Å². The molecule has 1 aliphatic heterocycles. The SMILES string of the molecule is CCCCc1[nH]c2cc(OC)ccc2c1CCOC1CCCCO1. The third-order valence-corrected chi connectivity index (χ3v) is 4.78. The molecule has 0 spiro atoms. The molecule has 2 aromatic rings. The zero-order valence-corrected chi connectivity index (χ0v) is 14.9. The molecule has 0 bridgehead atoms. The Hall–Kier alpha value is -1.52. The minimum atomic E-state index is -0.0110. The number of methoxy groups -OCH3 is 1. The number of hydrogen-bond acceptors (Lipinski definition) is 3. The number of ether oxygens (including phenoxy) is 3. The van der Waals surface area contributed by atoms with Gasteiger partial charge in [-0.3, -0.25) is 0 Å². The summed E-state index contributed by atoms with van der Waals surface area (Å²) in [5.74, 6) is 0.893. The van der Waals surface area contributed by atoms with Crippen molar-refractivity contribution in [3.63, 3.8) is 0 Å². The maximum absolute atomic E-state index is 5.95. The lowest BCUT2D eigenvalue weighted by atomic mass is 10.0. The molecule has 4 heteroatoms. The second kappa shape index (κ2) is 8.54. The number of rotatable bonds is 8. The van der Waals surface area contributed by atoms with Crippen molar-refractivity contribution in [3.05, 3.63) is 29.5 Å². The van der Waals surface area contributed by atoms with E-state index in [9.17, 15) is 0 Å². The van der Waals surface area contributed by atoms with E-state index >= 15 is 0 Å². The van der Waals surface area contributed by atoms with Crippen LogP contribution in [-0.2, 0) is 22.3 Å². The number of nitrogens with one attached hydrogen (secondary N) is 1. The second-order valence-electron chi connectivity index (χ2n) is 6.51. The number of hydrogen-bond donors (Lipinski definition) is 1. The molecule has 2 heterocycles. The zero-order chi connectivity index (χ0) is 16.8. The highest BCUT2D eigenvalue weighted by Gasteiger charge is 2.16. The van der Waals surface area contributed by atoms with E-state index in [-0.39, 0.29) is 6.29 Å². The molecule has 4 nitrogen and oxygen atoms in total. The third-order valence-electron chi connectivity index (χ3n) is 4.78. The summed E-state index contributed by atoms with van der Waals surface area (Å²) < 4.78 is 17.0. The summed E-state index contributed by atoms with van der Waals surface area (Å²) in [5.41, 5.74) is 3.88. The molecule has 24 heavy (non-hydrogen) atoms. The molecule has 0 saturated carbocycles. The smallest absolute Gasteiger partial charge is 0.157 e. The van der Waals surface area contributed by atoms with Gasteiger partial charge in [0.1, 0.15) is 5.75 Å². The molecule has 1 unspecified atom stereocenters. The van der Waals surface area contributed by atoms with Gasteiger partial charge in [-0.1, -0.05) is 13.3 Å². The fourth-order valence-electron chi connectivity index (χ4n) is 3.41. The van der Waals surface area contributed by atoms with Gasteiger partial charge in [0.2, 0.25) is 0 Å². The largest absolute Gasteiger partial charge is 0.497 e. The Labute approximate surface area is 144 Å². The number of fused-ring (bicyclic) bond motifs is 1. The van der Waals surface area contributed by atoms with Gasteiger partial charge in [0.25, 0.3) is 0 Å². The minimum Gasteiger partial charge on any atom is -0.497 e. The Kier molecular flexibility index (Phi) is 6.16. The highest BCUT2D eigenvalue weighted by molar-refractivity contribution is 5.86. The topological polar surface area (TPSA) is 43.5 Å². The zero-order valence-electron chi connectivity index (χ0n) is 14.9. The first-order valence-electron chi connectivity index (χ1n) is 9.22. The van der Waals surface area contributed by atoms with Gasteiger partial charge in [-0.25, -0.2) is 0 Å². The predicted octanol–water partition coefficient (Wildman–Crippen LogP) is 4.60. The lowest BCUT2D eigenvalue weighted by Gasteiger charge is -2.22. The average molecular weight is 331 g/mol. The molecule has 132 valence electrons. The second-order valence-corrected chi connectivity index (χ2v) is 6.51. The van der Waals surface area contributed by atoms with E-state index in [2.05, 4.69) is 24.0 Å². The van der Waals surface area contributed by atoms with E-state index in [0.29, 0.717) is 6.61 Å². The fraction of sp³-hybridized carbons (Fsp3) is 0.600. The average Bonchev–Trinajstić information content (AvgIpc) is 2.97. The Balaban J connectivity index is 1.73. The molecule has 1 aromatic carbocycles. The van der Waals surface area contributed by atoms with Gasteiger partial charge in [-0.05, 0) is 56.2 Å². The quantitative estimate of drug-likeness (QED) is 0.768. The van der Waals surface area contributed by atoms with Crippen molar-refractivity contribution in [1.29, 1.82) is 0 Å². The minimum absolute atomic E-state index is 0.0110. The maximum atomic E-state index is 5.95. The van der Waals surface area contributed by atoms with Gasteiger partial charge in [0, 0.05) is 29.3 Å². The lowest BCUT2D eigenvalue weighted by molar-refractivity contribution is -0.161. The van der Waals surface area contributed by atoms with Crippen molar-refractivity contribution in [2.75, 3.05) is 20.3 Å². The van der Waals surface area contributed by atoms with Gasteiger partial charge in [0.15, 0.2) is 6.29 Å². The molecule has 1 atom stereocenters. The van der Waals surface area contributed by atoms with Gasteiger partial charge in [-0.2, -0.15) is 0 Å². The highest BCUT2D eigenvalue weighted by Crippen LogP contribution is 2.28. The van der Waals surface area contributed by atoms with Crippen LogP contribution in [0, 0.1) is 0 Å². The van der Waals surface area contributed by atoms with E-state index in [1.807, 2.05) is 6.07 Å². The molecule has 1 aliphatic rings. The van der Waals surface area contributed by atoms with Gasteiger partial charge in [-0.15, -0.1) is 0 Å². The molecule has 1 saturated heterocycles. The van der Waals surface area contributed by atoms with Crippen LogP contribution in [0.5, 0.6) is 5.75 Å². The van der Waals surface area contributed by atoms with Crippen LogP contribution in [0.15, 0.2) is 18.2 Å². The Morgan fingerprint density at radius 2 is 2.17 bits per heavy atom. The van der Waals surface area contributed by atoms with Crippen LogP contribution in [0.25, 0.3) is 10.9 Å². The van der Waals surface area contributed by atoms with Crippen molar-refractivity contribution in [2.45, 2.75) is 58.2 Å². The summed E-state index contributed by atoms with van der Waals surface area (Å²) >= 11 is 0. The standard InChI is InChI=1S/C20H29NO3/c1-3-4-7-18-17(11-13-24-20-8-5-6-12-23-20)16-10-9-15(22-2)14-19(16)21-18/h9-10,14,20-21H,3-8,11-13H2,1-2H3. The number of H-pyrrole nitrogens is 1. The van der Waals surface area contributed by atoms with Crippen LogP contribution in [0.3, 0.4) is 0 Å². The summed E-state index contributed by atoms with van der Waals surface area (Å²) in [7, 11) is 1.71. The summed E-state index contributed by atoms with van der Waals surface area (Å²) in [6, 6.07) is 6.28. The van der Waals surface area contributed by atoms with E-state index in [0.717, 1.165) is 43.6 Å². The van der Waals surface area contributed by atoms with Gasteiger partial charge < -0.3 is 19.2 Å². The summed E-state index contributed by atoms with van der Waals surface area (Å²) in [6.45, 7) is 3.77. The molecule has 3 rings (SSSR count). The molecule has 1 aromatic heterocycles. The van der Waals surface area contributed by atoms with Gasteiger partial charge >= 0.3 is 0 Å². The maximum Gasteiger partial charge on any atom is 0.157 e. The van der Waals surface area contributed by atoms with Crippen LogP contribution in [-0.4, -0.2) is 31.6 Å². The first kappa shape index (κ1) is 17.3. The molecule has 0 aliphatic carbocycles. The monoisotopic (exact) mass is 331 g/mol. The summed E-state index contributed by atoms with van der Waals surface area (Å²) in [6.07, 6.45) is 7.78. The number of aromatic amines is 1. The Bertz CT molecular complexity index is 644. The van der Waals surface area contributed by atoms with E-state index < -0.39 is 0 Å². The van der Waals surface area contributed by atoms with E-state index in [1.165, 1.54) is 35.9 Å². The number of aromatic nitrogens is 1. The highest BCUT2D eigenvalue weighted by atomic mass is 16.7. The van der Waals surface area contributed by atoms with Gasteiger partial charge in [0.05, 0.1) is 13.7 Å². The van der Waals surface area contributed by atoms with Crippen LogP contribution in [0.2, 0.25) is 0 Å². The fourth-order valence-corrected chi connectivity index (χ4v) is 3.41. The third kappa shape index (κ3) is 4.11. The molecular formula is C20H29NO3. The molecule has 0 amide bonds. The predicted molar refractivity (Wildman–Crippen MR) is 96.7 cm³/mol. The Morgan fingerprint density at radius 1 is 1.25 bits per heavy atom. The first-order valence-corrected chi connectivity index (χ1v) is 9.22. The van der Waals surface area contributed by atoms with E-state index in [4.69, 9.17) is 14.2 Å². The molecule has 1 N–H and O–H groups in total. The summed E-state index contributed by atoms with van der Waals surface area (Å²) in [5, 5.41) is 1.29. The van der Waals surface area contributed by atoms with Crippen molar-refractivity contribution < 1.29 is 14.2 Å². The molecule has 1 fully saturated rings. The lowest BCUT2D eigenvalue weighted by Crippen LogP contribution is -2.23. The van der Waals surface area contributed by atoms with Crippen LogP contribution < -0.4 is 4.74 Å².